The first-order valence-corrected chi connectivity index (χ1v) is 5.58. The summed E-state index contributed by atoms with van der Waals surface area (Å²) >= 11 is 0. The summed E-state index contributed by atoms with van der Waals surface area (Å²) in [7, 11) is 0. The summed E-state index contributed by atoms with van der Waals surface area (Å²) in [6, 6.07) is 0. The molecule has 104 valence electrons. The van der Waals surface area contributed by atoms with E-state index >= 15 is 0 Å². The number of hydrogen-bond donors (Lipinski definition) is 1. The minimum absolute atomic E-state index is 0. The van der Waals surface area contributed by atoms with E-state index in [0.717, 1.165) is 0 Å². The smallest absolute Gasteiger partial charge is 0.852 e. The first kappa shape index (κ1) is 30.8. The van der Waals surface area contributed by atoms with Crippen LogP contribution in [0.2, 0.25) is 0 Å². The Morgan fingerprint density at radius 3 is 0.588 bits per heavy atom. The number of aliphatic hydroxyl groups is 1. The van der Waals surface area contributed by atoms with Crippen molar-refractivity contribution < 1.29 is 56.0 Å². The van der Waals surface area contributed by atoms with E-state index in [1.54, 1.807) is 55.4 Å². The van der Waals surface area contributed by atoms with Crippen LogP contribution in [0.4, 0.5) is 0 Å². The van der Waals surface area contributed by atoms with Crippen LogP contribution in [0, 0.1) is 35.6 Å². The van der Waals surface area contributed by atoms with Gasteiger partial charge in [0, 0.05) is 6.10 Å². The summed E-state index contributed by atoms with van der Waals surface area (Å²) in [4.78, 5) is 0. The second-order valence-corrected chi connectivity index (χ2v) is 4.24. The molecule has 0 aromatic heterocycles. The third kappa shape index (κ3) is 3600. The van der Waals surface area contributed by atoms with Gasteiger partial charge in [0.05, 0.1) is 0 Å². The van der Waals surface area contributed by atoms with Crippen molar-refractivity contribution in [2.75, 3.05) is 0 Å². The fourth-order valence-electron chi connectivity index (χ4n) is 0. The molecule has 0 aromatic rings. The zero-order valence-corrected chi connectivity index (χ0v) is 16.2. The molecule has 1 N–H and O–H groups in total. The monoisotopic (exact) mass is 376 g/mol. The summed E-state index contributed by atoms with van der Waals surface area (Å²) in [6.07, 6.45) is -1.42. The fourth-order valence-corrected chi connectivity index (χ4v) is 0. The predicted molar refractivity (Wildman–Crippen MR) is 62.8 cm³/mol. The quantitative estimate of drug-likeness (QED) is 0.626. The third-order valence-electron chi connectivity index (χ3n) is 0. The average molecular weight is 376 g/mol. The first-order valence-electron chi connectivity index (χ1n) is 5.58. The molecule has 0 heterocycles. The molecule has 0 amide bonds. The van der Waals surface area contributed by atoms with Crippen LogP contribution in [0.5, 0.6) is 0 Å². The van der Waals surface area contributed by atoms with Gasteiger partial charge in [-0.15, -0.1) is 18.3 Å². The van der Waals surface area contributed by atoms with Gasteiger partial charge in [0.1, 0.15) is 0 Å². The molecule has 17 heavy (non-hydrogen) atoms. The van der Waals surface area contributed by atoms with E-state index in [2.05, 4.69) is 0 Å². The van der Waals surface area contributed by atoms with Gasteiger partial charge in [-0.05, 0) is 13.8 Å². The molecule has 0 saturated heterocycles. The minimum Gasteiger partial charge on any atom is -0.852 e. The molecule has 0 atom stereocenters. The van der Waals surface area contributed by atoms with E-state index in [9.17, 15) is 15.3 Å². The summed E-state index contributed by atoms with van der Waals surface area (Å²) in [5, 5.41) is 36.6. The Bertz CT molecular complexity index is 61.5. The van der Waals surface area contributed by atoms with Crippen molar-refractivity contribution in [3.05, 3.63) is 0 Å². The van der Waals surface area contributed by atoms with E-state index in [4.69, 9.17) is 5.11 Å². The van der Waals surface area contributed by atoms with E-state index in [1.165, 1.54) is 0 Å². The minimum atomic E-state index is -0.417. The fraction of sp³-hybridized carbons (Fsp3) is 1.00. The maximum atomic E-state index is 9.53. The van der Waals surface area contributed by atoms with Crippen LogP contribution < -0.4 is 15.3 Å². The molecule has 0 saturated carbocycles. The van der Waals surface area contributed by atoms with Crippen molar-refractivity contribution in [3.63, 3.8) is 0 Å². The molecule has 0 aliphatic heterocycles. The van der Waals surface area contributed by atoms with Gasteiger partial charge in [0.2, 0.25) is 0 Å². The maximum absolute atomic E-state index is 9.53. The molecule has 0 unspecified atom stereocenters. The Morgan fingerprint density at radius 2 is 0.588 bits per heavy atom. The van der Waals surface area contributed by atoms with Crippen molar-refractivity contribution in [2.24, 2.45) is 0 Å². The molecule has 0 bridgehead atoms. The molecule has 0 radical (unpaired) electrons. The summed E-state index contributed by atoms with van der Waals surface area (Å²) in [5.74, 6) is 0. The molecule has 0 aromatic carbocycles. The Hall–Kier alpha value is 1.03. The van der Waals surface area contributed by atoms with Gasteiger partial charge >= 0.3 is 35.6 Å². The zero-order chi connectivity index (χ0) is 14.3. The van der Waals surface area contributed by atoms with E-state index < -0.39 is 18.3 Å². The molecule has 0 aliphatic rings. The van der Waals surface area contributed by atoms with Gasteiger partial charge in [-0.3, -0.25) is 0 Å². The van der Waals surface area contributed by atoms with Gasteiger partial charge < -0.3 is 20.4 Å². The van der Waals surface area contributed by atoms with Crippen molar-refractivity contribution in [3.8, 4) is 0 Å². The number of hydrogen-bond acceptors (Lipinski definition) is 4. The van der Waals surface area contributed by atoms with Crippen LogP contribution in [0.15, 0.2) is 0 Å². The van der Waals surface area contributed by atoms with Crippen LogP contribution >= 0.6 is 0 Å². The second-order valence-electron chi connectivity index (χ2n) is 4.24. The van der Waals surface area contributed by atoms with Crippen LogP contribution in [-0.2, 0) is 0 Å². The number of aliphatic hydroxyl groups excluding tert-OH is 1. The first-order chi connectivity index (χ1) is 6.93. The van der Waals surface area contributed by atoms with Gasteiger partial charge in [0.25, 0.3) is 0 Å². The molecule has 5 heteroatoms. The topological polar surface area (TPSA) is 89.4 Å². The van der Waals surface area contributed by atoms with Crippen molar-refractivity contribution in [1.82, 2.24) is 0 Å². The van der Waals surface area contributed by atoms with Crippen molar-refractivity contribution in [1.29, 1.82) is 0 Å². The Morgan fingerprint density at radius 1 is 0.588 bits per heavy atom. The van der Waals surface area contributed by atoms with E-state index in [0.29, 0.717) is 0 Å². The van der Waals surface area contributed by atoms with Gasteiger partial charge in [0.15, 0.2) is 0 Å². The Balaban J connectivity index is -0.0000000369. The standard InChI is InChI=1S/C3H8O.3C3H7O.La/c4*1-3(2)4;/h3-4H,1-2H3;3*3H,1-2H3;/q;3*-1;+3. The molecular weight excluding hydrogens is 347 g/mol. The van der Waals surface area contributed by atoms with Gasteiger partial charge in [-0.25, -0.2) is 0 Å². The van der Waals surface area contributed by atoms with Gasteiger partial charge in [-0.2, -0.15) is 0 Å². The molecule has 0 rings (SSSR count). The predicted octanol–water partition coefficient (Wildman–Crippen LogP) is -0.348. The molecular formula is C12H29LaO4. The van der Waals surface area contributed by atoms with Crippen LogP contribution in [0.25, 0.3) is 0 Å². The average Bonchev–Trinajstić information content (AvgIpc) is 1.76. The third-order valence-corrected chi connectivity index (χ3v) is 0. The molecule has 0 spiro atoms. The van der Waals surface area contributed by atoms with E-state index in [-0.39, 0.29) is 41.7 Å². The number of rotatable bonds is 0. The molecule has 0 aliphatic carbocycles. The van der Waals surface area contributed by atoms with Crippen LogP contribution in [-0.4, -0.2) is 29.5 Å². The zero-order valence-electron chi connectivity index (χ0n) is 12.6. The second kappa shape index (κ2) is 25.8. The van der Waals surface area contributed by atoms with Gasteiger partial charge in [-0.1, -0.05) is 41.5 Å². The summed E-state index contributed by atoms with van der Waals surface area (Å²) < 4.78 is 0. The van der Waals surface area contributed by atoms with Crippen molar-refractivity contribution in [2.45, 2.75) is 79.8 Å². The molecule has 4 nitrogen and oxygen atoms in total. The summed E-state index contributed by atoms with van der Waals surface area (Å²) in [6.45, 7) is 13.1. The Labute approximate surface area is 135 Å². The maximum Gasteiger partial charge on any atom is 3.00 e. The SMILES string of the molecule is CC(C)O.CC(C)[O-].CC(C)[O-].CC(C)[O-].[La+3]. The summed E-state index contributed by atoms with van der Waals surface area (Å²) in [5.41, 5.74) is 0. The van der Waals surface area contributed by atoms with Crippen LogP contribution in [0.1, 0.15) is 55.4 Å². The van der Waals surface area contributed by atoms with Crippen LogP contribution in [0.3, 0.4) is 0 Å². The Kier molecular flexibility index (Phi) is 46.7. The van der Waals surface area contributed by atoms with E-state index in [1.807, 2.05) is 0 Å². The normalized spacial score (nSPS) is 8.47. The largest absolute Gasteiger partial charge is 3.00 e. The van der Waals surface area contributed by atoms with Crippen molar-refractivity contribution >= 4 is 0 Å². The molecule has 0 fully saturated rings.